The van der Waals surface area contributed by atoms with Crippen molar-refractivity contribution in [2.75, 3.05) is 17.7 Å². The fraction of sp³-hybridized carbons (Fsp3) is 0.360. The molecule has 0 bridgehead atoms. The van der Waals surface area contributed by atoms with Crippen LogP contribution in [0.3, 0.4) is 0 Å². The summed E-state index contributed by atoms with van der Waals surface area (Å²) in [5.74, 6) is 1.66. The summed E-state index contributed by atoms with van der Waals surface area (Å²) in [6.45, 7) is 0.419. The molecule has 0 aliphatic heterocycles. The molecule has 1 aliphatic carbocycles. The third-order valence-corrected chi connectivity index (χ3v) is 6.44. The highest BCUT2D eigenvalue weighted by Crippen LogP contribution is 2.25. The number of nitrogens with zero attached hydrogens (tertiary/aromatic N) is 5. The highest BCUT2D eigenvalue weighted by atomic mass is 16.5. The number of aromatic nitrogens is 5. The number of methoxy groups -OCH3 is 1. The fourth-order valence-electron chi connectivity index (χ4n) is 4.52. The lowest BCUT2D eigenvalue weighted by atomic mass is 9.91. The van der Waals surface area contributed by atoms with Crippen LogP contribution in [0, 0.1) is 0 Å². The number of hydrogen-bond acceptors (Lipinski definition) is 8. The van der Waals surface area contributed by atoms with Crippen molar-refractivity contribution >= 4 is 28.4 Å². The molecule has 0 spiro atoms. The number of pyridine rings is 1. The van der Waals surface area contributed by atoms with Gasteiger partial charge in [-0.3, -0.25) is 9.48 Å². The van der Waals surface area contributed by atoms with Gasteiger partial charge in [-0.2, -0.15) is 10.1 Å². The van der Waals surface area contributed by atoms with Crippen molar-refractivity contribution in [2.24, 2.45) is 12.8 Å². The number of hydrogen-bond donors (Lipinski definition) is 3. The Morgan fingerprint density at radius 2 is 1.94 bits per heavy atom. The van der Waals surface area contributed by atoms with Gasteiger partial charge in [-0.1, -0.05) is 25.0 Å². The van der Waals surface area contributed by atoms with E-state index >= 15 is 0 Å². The molecule has 2 unspecified atom stereocenters. The van der Waals surface area contributed by atoms with Gasteiger partial charge in [-0.25, -0.2) is 4.98 Å². The molecule has 182 valence electrons. The van der Waals surface area contributed by atoms with E-state index < -0.39 is 0 Å². The molecule has 1 aliphatic rings. The van der Waals surface area contributed by atoms with Gasteiger partial charge < -0.3 is 25.7 Å². The molecule has 0 amide bonds. The van der Waals surface area contributed by atoms with Crippen LogP contribution in [0.2, 0.25) is 0 Å². The van der Waals surface area contributed by atoms with E-state index in [9.17, 15) is 4.79 Å². The Bertz CT molecular complexity index is 1380. The van der Waals surface area contributed by atoms with Crippen LogP contribution >= 0.6 is 0 Å². The van der Waals surface area contributed by atoms with Crippen LogP contribution in [-0.4, -0.2) is 43.5 Å². The summed E-state index contributed by atoms with van der Waals surface area (Å²) in [7, 11) is 3.47. The quantitative estimate of drug-likeness (QED) is 0.373. The summed E-state index contributed by atoms with van der Waals surface area (Å²) in [6.07, 6.45) is 9.49. The van der Waals surface area contributed by atoms with Crippen molar-refractivity contribution in [3.05, 3.63) is 64.8 Å². The lowest BCUT2D eigenvalue weighted by molar-refractivity contribution is 0.402. The minimum Gasteiger partial charge on any atom is -0.497 e. The van der Waals surface area contributed by atoms with Gasteiger partial charge in [-0.05, 0) is 36.6 Å². The molecule has 35 heavy (non-hydrogen) atoms. The molecule has 10 heteroatoms. The highest BCUT2D eigenvalue weighted by molar-refractivity contribution is 5.90. The van der Waals surface area contributed by atoms with Crippen molar-refractivity contribution in [1.29, 1.82) is 0 Å². The Kier molecular flexibility index (Phi) is 6.37. The number of rotatable bonds is 7. The van der Waals surface area contributed by atoms with E-state index in [0.717, 1.165) is 42.7 Å². The van der Waals surface area contributed by atoms with Gasteiger partial charge in [0.1, 0.15) is 17.0 Å². The van der Waals surface area contributed by atoms with E-state index in [2.05, 4.69) is 20.7 Å². The maximum absolute atomic E-state index is 13.6. The first-order chi connectivity index (χ1) is 17.0. The average Bonchev–Trinajstić information content (AvgIpc) is 3.27. The number of nitrogens with two attached hydrogens (primary N) is 1. The first-order valence-corrected chi connectivity index (χ1v) is 11.8. The Hall–Kier alpha value is -3.92. The van der Waals surface area contributed by atoms with Gasteiger partial charge >= 0.3 is 0 Å². The lowest BCUT2D eigenvalue weighted by Crippen LogP contribution is -2.43. The number of aryl methyl sites for hydroxylation is 1. The number of fused-ring (bicyclic) bond motifs is 1. The number of ether oxygens (including phenoxy) is 1. The molecular formula is C25H30N8O2. The second-order valence-corrected chi connectivity index (χ2v) is 8.98. The molecule has 1 saturated carbocycles. The molecule has 2 atom stereocenters. The molecule has 4 N–H and O–H groups in total. The minimum atomic E-state index is -0.175. The van der Waals surface area contributed by atoms with Gasteiger partial charge in [0.05, 0.1) is 31.1 Å². The lowest BCUT2D eigenvalue weighted by Gasteiger charge is -2.29. The van der Waals surface area contributed by atoms with Gasteiger partial charge in [0, 0.05) is 31.5 Å². The second kappa shape index (κ2) is 9.75. The zero-order valence-corrected chi connectivity index (χ0v) is 19.9. The molecular weight excluding hydrogens is 444 g/mol. The molecule has 0 saturated heterocycles. The van der Waals surface area contributed by atoms with Crippen LogP contribution in [0.25, 0.3) is 10.9 Å². The van der Waals surface area contributed by atoms with Gasteiger partial charge in [0.25, 0.3) is 5.56 Å². The Morgan fingerprint density at radius 1 is 1.14 bits per heavy atom. The third kappa shape index (κ3) is 4.97. The number of anilines is 3. The monoisotopic (exact) mass is 474 g/mol. The van der Waals surface area contributed by atoms with Crippen molar-refractivity contribution in [2.45, 2.75) is 44.3 Å². The van der Waals surface area contributed by atoms with Gasteiger partial charge in [0.15, 0.2) is 0 Å². The summed E-state index contributed by atoms with van der Waals surface area (Å²) in [6, 6.07) is 9.66. The van der Waals surface area contributed by atoms with E-state index in [1.54, 1.807) is 28.8 Å². The zero-order chi connectivity index (χ0) is 24.4. The Labute approximate surface area is 203 Å². The van der Waals surface area contributed by atoms with Crippen LogP contribution < -0.4 is 26.7 Å². The topological polar surface area (TPSA) is 125 Å². The molecule has 4 aromatic rings. The largest absolute Gasteiger partial charge is 0.497 e. The smallest absolute Gasteiger partial charge is 0.264 e. The van der Waals surface area contributed by atoms with Crippen molar-refractivity contribution < 1.29 is 4.74 Å². The standard InChI is InChI=1S/C25H30N8O2/c1-32-15-17(13-27-32)28-23-22-21(30-25(31-23)29-20-6-4-3-5-19(20)26)11-12-33(24(22)34)14-16-7-9-18(35-2)10-8-16/h7-13,15,19-20H,3-6,14,26H2,1-2H3,(H2,28,29,30,31). The summed E-state index contributed by atoms with van der Waals surface area (Å²) >= 11 is 0. The average molecular weight is 475 g/mol. The van der Waals surface area contributed by atoms with E-state index in [4.69, 9.17) is 15.5 Å². The summed E-state index contributed by atoms with van der Waals surface area (Å²) < 4.78 is 8.58. The summed E-state index contributed by atoms with van der Waals surface area (Å²) in [5, 5.41) is 11.3. The van der Waals surface area contributed by atoms with Crippen LogP contribution in [0.4, 0.5) is 17.5 Å². The molecule has 10 nitrogen and oxygen atoms in total. The van der Waals surface area contributed by atoms with Crippen LogP contribution in [-0.2, 0) is 13.6 Å². The normalized spacial score (nSPS) is 17.9. The first-order valence-electron chi connectivity index (χ1n) is 11.8. The van der Waals surface area contributed by atoms with Crippen molar-refractivity contribution in [3.63, 3.8) is 0 Å². The van der Waals surface area contributed by atoms with Crippen molar-refractivity contribution in [3.8, 4) is 5.75 Å². The third-order valence-electron chi connectivity index (χ3n) is 6.44. The first kappa shape index (κ1) is 22.9. The molecule has 3 heterocycles. The predicted molar refractivity (Wildman–Crippen MR) is 136 cm³/mol. The van der Waals surface area contributed by atoms with Crippen LogP contribution in [0.5, 0.6) is 5.75 Å². The summed E-state index contributed by atoms with van der Waals surface area (Å²) in [4.78, 5) is 23.0. The zero-order valence-electron chi connectivity index (χ0n) is 19.9. The van der Waals surface area contributed by atoms with Gasteiger partial charge in [-0.15, -0.1) is 0 Å². The van der Waals surface area contributed by atoms with E-state index in [1.165, 1.54) is 0 Å². The number of nitrogens with one attached hydrogen (secondary N) is 2. The Balaban J connectivity index is 1.54. The molecule has 0 radical (unpaired) electrons. The minimum absolute atomic E-state index is 0.0512. The maximum atomic E-state index is 13.6. The highest BCUT2D eigenvalue weighted by Gasteiger charge is 2.23. The number of benzene rings is 1. The molecule has 1 aromatic carbocycles. The molecule has 1 fully saturated rings. The van der Waals surface area contributed by atoms with Crippen LogP contribution in [0.1, 0.15) is 31.2 Å². The SMILES string of the molecule is COc1ccc(Cn2ccc3nc(NC4CCCCC4N)nc(Nc4cnn(C)c4)c3c2=O)cc1. The second-order valence-electron chi connectivity index (χ2n) is 8.98. The summed E-state index contributed by atoms with van der Waals surface area (Å²) in [5.41, 5.74) is 8.44. The predicted octanol–water partition coefficient (Wildman–Crippen LogP) is 3.01. The van der Waals surface area contributed by atoms with E-state index in [1.807, 2.05) is 43.6 Å². The van der Waals surface area contributed by atoms with E-state index in [0.29, 0.717) is 29.2 Å². The van der Waals surface area contributed by atoms with Crippen LogP contribution in [0.15, 0.2) is 53.7 Å². The Morgan fingerprint density at radius 3 is 2.66 bits per heavy atom. The fourth-order valence-corrected chi connectivity index (χ4v) is 4.52. The van der Waals surface area contributed by atoms with Gasteiger partial charge in [0.2, 0.25) is 5.95 Å². The van der Waals surface area contributed by atoms with E-state index in [-0.39, 0.29) is 17.6 Å². The van der Waals surface area contributed by atoms with Crippen molar-refractivity contribution in [1.82, 2.24) is 24.3 Å². The molecule has 5 rings (SSSR count). The molecule has 3 aromatic heterocycles. The maximum Gasteiger partial charge on any atom is 0.264 e.